The van der Waals surface area contributed by atoms with E-state index in [4.69, 9.17) is 10.8 Å². The SMILES string of the molecule is CC(CCC(=O)NCCCCC(N)C(=O)O)C1CCC2C3CCC4CC(O)CCC4(C)C3CC(O)C12C. The first kappa shape index (κ1) is 28.8. The largest absolute Gasteiger partial charge is 0.480 e. The Kier molecular flexibility index (Phi) is 8.97. The molecule has 0 radical (unpaired) electrons. The lowest BCUT2D eigenvalue weighted by molar-refractivity contribution is -0.174. The molecule has 6 N–H and O–H groups in total. The molecule has 0 spiro atoms. The van der Waals surface area contributed by atoms with Gasteiger partial charge in [0, 0.05) is 13.0 Å². The van der Waals surface area contributed by atoms with Crippen molar-refractivity contribution in [3.63, 3.8) is 0 Å². The second kappa shape index (κ2) is 11.5. The molecule has 0 bridgehead atoms. The average molecular weight is 521 g/mol. The monoisotopic (exact) mass is 520 g/mol. The van der Waals surface area contributed by atoms with Crippen LogP contribution in [0.4, 0.5) is 0 Å². The van der Waals surface area contributed by atoms with E-state index in [2.05, 4.69) is 26.1 Å². The fraction of sp³-hybridized carbons (Fsp3) is 0.933. The van der Waals surface area contributed by atoms with Crippen LogP contribution in [0.25, 0.3) is 0 Å². The summed E-state index contributed by atoms with van der Waals surface area (Å²) in [6, 6.07) is -0.827. The third kappa shape index (κ3) is 5.60. The van der Waals surface area contributed by atoms with Crippen LogP contribution in [0.15, 0.2) is 0 Å². The van der Waals surface area contributed by atoms with E-state index in [0.717, 1.165) is 44.9 Å². The summed E-state index contributed by atoms with van der Waals surface area (Å²) in [5, 5.41) is 33.8. The number of hydrogen-bond acceptors (Lipinski definition) is 5. The van der Waals surface area contributed by atoms with E-state index in [1.54, 1.807) is 0 Å². The lowest BCUT2D eigenvalue weighted by Crippen LogP contribution is -2.58. The van der Waals surface area contributed by atoms with E-state index in [1.165, 1.54) is 19.3 Å². The molecule has 4 aliphatic rings. The number of rotatable bonds is 10. The maximum absolute atomic E-state index is 12.5. The van der Waals surface area contributed by atoms with Crippen molar-refractivity contribution < 1.29 is 24.9 Å². The van der Waals surface area contributed by atoms with Crippen LogP contribution in [0, 0.1) is 46.3 Å². The first-order valence-corrected chi connectivity index (χ1v) is 15.1. The van der Waals surface area contributed by atoms with E-state index in [-0.39, 0.29) is 28.9 Å². The molecule has 0 aromatic carbocycles. The van der Waals surface area contributed by atoms with E-state index in [9.17, 15) is 19.8 Å². The molecule has 37 heavy (non-hydrogen) atoms. The summed E-state index contributed by atoms with van der Waals surface area (Å²) >= 11 is 0. The number of unbranched alkanes of at least 4 members (excludes halogenated alkanes) is 1. The Bertz CT molecular complexity index is 822. The molecule has 0 aromatic rings. The Morgan fingerprint density at radius 3 is 2.49 bits per heavy atom. The molecule has 0 heterocycles. The number of fused-ring (bicyclic) bond motifs is 5. The summed E-state index contributed by atoms with van der Waals surface area (Å²) in [5.41, 5.74) is 5.71. The predicted molar refractivity (Wildman–Crippen MR) is 143 cm³/mol. The molecule has 1 amide bonds. The smallest absolute Gasteiger partial charge is 0.320 e. The Morgan fingerprint density at radius 2 is 1.76 bits per heavy atom. The number of amides is 1. The Labute approximate surface area is 223 Å². The minimum atomic E-state index is -0.977. The van der Waals surface area contributed by atoms with E-state index in [0.29, 0.717) is 61.3 Å². The van der Waals surface area contributed by atoms with Crippen molar-refractivity contribution in [2.45, 2.75) is 122 Å². The molecule has 7 heteroatoms. The summed E-state index contributed by atoms with van der Waals surface area (Å²) in [5.74, 6) is 2.31. The Morgan fingerprint density at radius 1 is 1.00 bits per heavy atom. The van der Waals surface area contributed by atoms with Crippen molar-refractivity contribution in [2.75, 3.05) is 6.54 Å². The fourth-order valence-electron chi connectivity index (χ4n) is 9.65. The first-order valence-electron chi connectivity index (χ1n) is 15.1. The molecule has 11 unspecified atom stereocenters. The standard InChI is InChI=1S/C30H52N2O5/c1-18(7-12-27(35)32-15-5-4-6-25(31)28(36)37)22-10-11-23-21-9-8-19-16-20(33)13-14-29(19,2)24(21)17-26(34)30(22,23)3/h18-26,33-34H,4-17,31H2,1-3H3,(H,32,35)(H,36,37). The summed E-state index contributed by atoms with van der Waals surface area (Å²) in [7, 11) is 0. The molecular formula is C30H52N2O5. The maximum Gasteiger partial charge on any atom is 0.320 e. The zero-order valence-electron chi connectivity index (χ0n) is 23.3. The quantitative estimate of drug-likeness (QED) is 0.276. The molecule has 0 aromatic heterocycles. The third-order valence-electron chi connectivity index (χ3n) is 11.9. The number of nitrogens with one attached hydrogen (secondary N) is 1. The van der Waals surface area contributed by atoms with Crippen molar-refractivity contribution in [1.29, 1.82) is 0 Å². The van der Waals surface area contributed by atoms with Crippen LogP contribution in [-0.2, 0) is 9.59 Å². The average Bonchev–Trinajstić information content (AvgIpc) is 3.22. The second-order valence-electron chi connectivity index (χ2n) is 13.7. The highest BCUT2D eigenvalue weighted by atomic mass is 16.4. The maximum atomic E-state index is 12.5. The van der Waals surface area contributed by atoms with Crippen molar-refractivity contribution in [1.82, 2.24) is 5.32 Å². The number of carboxylic acid groups (broad SMARTS) is 1. The van der Waals surface area contributed by atoms with Gasteiger partial charge in [0.2, 0.25) is 5.91 Å². The summed E-state index contributed by atoms with van der Waals surface area (Å²) in [4.78, 5) is 23.3. The number of carbonyl (C=O) groups is 2. The van der Waals surface area contributed by atoms with Gasteiger partial charge in [-0.3, -0.25) is 9.59 Å². The van der Waals surface area contributed by atoms with Gasteiger partial charge < -0.3 is 26.4 Å². The highest BCUT2D eigenvalue weighted by Crippen LogP contribution is 2.68. The van der Waals surface area contributed by atoms with Crippen molar-refractivity contribution in [3.05, 3.63) is 0 Å². The van der Waals surface area contributed by atoms with E-state index < -0.39 is 12.0 Å². The van der Waals surface area contributed by atoms with Gasteiger partial charge in [0.05, 0.1) is 12.2 Å². The molecule has 4 saturated carbocycles. The molecule has 7 nitrogen and oxygen atoms in total. The molecule has 212 valence electrons. The summed E-state index contributed by atoms with van der Waals surface area (Å²) in [6.45, 7) is 7.65. The van der Waals surface area contributed by atoms with Crippen LogP contribution in [0.5, 0.6) is 0 Å². The molecule has 4 rings (SSSR count). The Balaban J connectivity index is 1.29. The lowest BCUT2D eigenvalue weighted by Gasteiger charge is -2.62. The molecule has 0 aliphatic heterocycles. The van der Waals surface area contributed by atoms with Gasteiger partial charge in [0.1, 0.15) is 6.04 Å². The van der Waals surface area contributed by atoms with Gasteiger partial charge in [-0.1, -0.05) is 20.8 Å². The summed E-state index contributed by atoms with van der Waals surface area (Å²) in [6.07, 6.45) is 11.4. The van der Waals surface area contributed by atoms with E-state index >= 15 is 0 Å². The molecule has 4 fully saturated rings. The fourth-order valence-corrected chi connectivity index (χ4v) is 9.65. The molecule has 11 atom stereocenters. The number of carboxylic acids is 1. The zero-order valence-corrected chi connectivity index (χ0v) is 23.3. The number of aliphatic hydroxyl groups excluding tert-OH is 2. The van der Waals surface area contributed by atoms with Crippen LogP contribution in [0.1, 0.15) is 104 Å². The normalized spacial score (nSPS) is 42.7. The molecule has 4 aliphatic carbocycles. The topological polar surface area (TPSA) is 133 Å². The highest BCUT2D eigenvalue weighted by Gasteiger charge is 2.63. The van der Waals surface area contributed by atoms with Gasteiger partial charge in [0.15, 0.2) is 0 Å². The van der Waals surface area contributed by atoms with Gasteiger partial charge in [-0.05, 0) is 123 Å². The van der Waals surface area contributed by atoms with Crippen LogP contribution < -0.4 is 11.1 Å². The number of aliphatic carboxylic acids is 1. The minimum Gasteiger partial charge on any atom is -0.480 e. The number of aliphatic hydroxyl groups is 2. The van der Waals surface area contributed by atoms with Crippen molar-refractivity contribution in [2.24, 2.45) is 52.1 Å². The number of hydrogen-bond donors (Lipinski definition) is 5. The minimum absolute atomic E-state index is 0.0593. The van der Waals surface area contributed by atoms with Crippen LogP contribution in [-0.4, -0.2) is 52.0 Å². The summed E-state index contributed by atoms with van der Waals surface area (Å²) < 4.78 is 0. The van der Waals surface area contributed by atoms with Crippen LogP contribution in [0.3, 0.4) is 0 Å². The van der Waals surface area contributed by atoms with Gasteiger partial charge in [-0.25, -0.2) is 0 Å². The van der Waals surface area contributed by atoms with Gasteiger partial charge >= 0.3 is 5.97 Å². The Hall–Kier alpha value is -1.18. The first-order chi connectivity index (χ1) is 17.5. The molecular weight excluding hydrogens is 468 g/mol. The zero-order chi connectivity index (χ0) is 27.0. The van der Waals surface area contributed by atoms with Crippen molar-refractivity contribution in [3.8, 4) is 0 Å². The predicted octanol–water partition coefficient (Wildman–Crippen LogP) is 4.09. The number of nitrogens with two attached hydrogens (primary N) is 1. The highest BCUT2D eigenvalue weighted by molar-refractivity contribution is 5.75. The third-order valence-corrected chi connectivity index (χ3v) is 11.9. The van der Waals surface area contributed by atoms with E-state index in [1.807, 2.05) is 0 Å². The number of carbonyl (C=O) groups excluding carboxylic acids is 1. The van der Waals surface area contributed by atoms with Gasteiger partial charge in [0.25, 0.3) is 0 Å². The van der Waals surface area contributed by atoms with Gasteiger partial charge in [-0.2, -0.15) is 0 Å². The van der Waals surface area contributed by atoms with Gasteiger partial charge in [-0.15, -0.1) is 0 Å². The van der Waals surface area contributed by atoms with Crippen LogP contribution >= 0.6 is 0 Å². The molecule has 0 saturated heterocycles. The second-order valence-corrected chi connectivity index (χ2v) is 13.7. The van der Waals surface area contributed by atoms with Crippen molar-refractivity contribution >= 4 is 11.9 Å². The lowest BCUT2D eigenvalue weighted by atomic mass is 9.43. The van der Waals surface area contributed by atoms with Crippen LogP contribution in [0.2, 0.25) is 0 Å².